The zero-order valence-corrected chi connectivity index (χ0v) is 17.2. The number of carbonyl (C=O) groups is 1. The fourth-order valence-corrected chi connectivity index (χ4v) is 3.17. The Bertz CT molecular complexity index is 964. The van der Waals surface area contributed by atoms with Gasteiger partial charge < -0.3 is 19.5 Å². The van der Waals surface area contributed by atoms with Crippen molar-refractivity contribution >= 4 is 35.0 Å². The minimum absolute atomic E-state index is 0.0776. The third kappa shape index (κ3) is 4.85. The highest BCUT2D eigenvalue weighted by Gasteiger charge is 2.32. The van der Waals surface area contributed by atoms with Crippen LogP contribution < -0.4 is 24.4 Å². The first-order valence-electron chi connectivity index (χ1n) is 9.24. The van der Waals surface area contributed by atoms with Gasteiger partial charge in [0.15, 0.2) is 16.6 Å². The molecule has 0 spiro atoms. The number of anilines is 1. The van der Waals surface area contributed by atoms with E-state index in [1.165, 1.54) is 17.0 Å². The van der Waals surface area contributed by atoms with E-state index < -0.39 is 6.61 Å². The van der Waals surface area contributed by atoms with Crippen LogP contribution in [0.1, 0.15) is 19.4 Å². The fourth-order valence-electron chi connectivity index (χ4n) is 2.87. The molecule has 2 aromatic carbocycles. The number of ether oxygens (including phenoxy) is 3. The summed E-state index contributed by atoms with van der Waals surface area (Å²) in [7, 11) is 0. The van der Waals surface area contributed by atoms with Gasteiger partial charge in [-0.2, -0.15) is 8.78 Å². The molecule has 3 rings (SSSR count). The fraction of sp³-hybridized carbons (Fsp3) is 0.238. The minimum atomic E-state index is -2.97. The van der Waals surface area contributed by atoms with Crippen LogP contribution in [-0.2, 0) is 4.79 Å². The molecule has 1 saturated heterocycles. The molecule has 1 N–H and O–H groups in total. The van der Waals surface area contributed by atoms with Crippen molar-refractivity contribution in [2.45, 2.75) is 20.5 Å². The van der Waals surface area contributed by atoms with Crippen LogP contribution in [0, 0.1) is 0 Å². The van der Waals surface area contributed by atoms with Crippen LogP contribution in [-0.4, -0.2) is 30.8 Å². The van der Waals surface area contributed by atoms with Crippen molar-refractivity contribution < 1.29 is 27.8 Å². The normalized spacial score (nSPS) is 15.0. The molecule has 0 unspecified atom stereocenters. The van der Waals surface area contributed by atoms with Crippen LogP contribution in [0.5, 0.6) is 17.2 Å². The topological polar surface area (TPSA) is 60.0 Å². The van der Waals surface area contributed by atoms with Gasteiger partial charge in [0.2, 0.25) is 0 Å². The Morgan fingerprint density at radius 3 is 2.40 bits per heavy atom. The van der Waals surface area contributed by atoms with Crippen LogP contribution in [0.25, 0.3) is 6.08 Å². The SMILES string of the molecule is CCOc1ccc(N2C(=O)/C(=C\c3ccc(OC(F)F)c(OCC)c3)NC2=S)cc1. The summed E-state index contributed by atoms with van der Waals surface area (Å²) in [6.45, 7) is 1.46. The van der Waals surface area contributed by atoms with Gasteiger partial charge in [0.05, 0.1) is 18.9 Å². The second-order valence-corrected chi connectivity index (χ2v) is 6.46. The van der Waals surface area contributed by atoms with Crippen molar-refractivity contribution in [3.05, 3.63) is 53.7 Å². The van der Waals surface area contributed by atoms with E-state index >= 15 is 0 Å². The lowest BCUT2D eigenvalue weighted by Gasteiger charge is -2.14. The Morgan fingerprint density at radius 1 is 1.07 bits per heavy atom. The molecule has 1 amide bonds. The van der Waals surface area contributed by atoms with Crippen LogP contribution in [0.4, 0.5) is 14.5 Å². The number of nitrogens with one attached hydrogen (secondary N) is 1. The van der Waals surface area contributed by atoms with Gasteiger partial charge in [0, 0.05) is 0 Å². The van der Waals surface area contributed by atoms with Crippen molar-refractivity contribution in [2.24, 2.45) is 0 Å². The molecule has 6 nitrogen and oxygen atoms in total. The van der Waals surface area contributed by atoms with Crippen molar-refractivity contribution in [3.8, 4) is 17.2 Å². The summed E-state index contributed by atoms with van der Waals surface area (Å²) in [5.41, 5.74) is 1.41. The number of nitrogens with zero attached hydrogens (tertiary/aromatic N) is 1. The second kappa shape index (κ2) is 9.53. The molecule has 0 aliphatic carbocycles. The first-order valence-corrected chi connectivity index (χ1v) is 9.65. The average Bonchev–Trinajstić information content (AvgIpc) is 2.98. The molecule has 2 aromatic rings. The monoisotopic (exact) mass is 434 g/mol. The number of thiocarbonyl (C=S) groups is 1. The van der Waals surface area contributed by atoms with Crippen molar-refractivity contribution in [2.75, 3.05) is 18.1 Å². The Labute approximate surface area is 178 Å². The van der Waals surface area contributed by atoms with Gasteiger partial charge in [-0.3, -0.25) is 9.69 Å². The smallest absolute Gasteiger partial charge is 0.387 e. The van der Waals surface area contributed by atoms with Crippen LogP contribution in [0.2, 0.25) is 0 Å². The van der Waals surface area contributed by atoms with Crippen LogP contribution in [0.3, 0.4) is 0 Å². The molecule has 30 heavy (non-hydrogen) atoms. The summed E-state index contributed by atoms with van der Waals surface area (Å²) in [6.07, 6.45) is 1.57. The van der Waals surface area contributed by atoms with E-state index in [9.17, 15) is 13.6 Å². The first-order chi connectivity index (χ1) is 14.4. The Balaban J connectivity index is 1.85. The number of benzene rings is 2. The first kappa shape index (κ1) is 21.5. The van der Waals surface area contributed by atoms with E-state index in [1.54, 1.807) is 43.3 Å². The maximum absolute atomic E-state index is 12.9. The van der Waals surface area contributed by atoms with Gasteiger partial charge in [-0.25, -0.2) is 0 Å². The van der Waals surface area contributed by atoms with E-state index in [0.29, 0.717) is 23.6 Å². The van der Waals surface area contributed by atoms with Gasteiger partial charge in [0.25, 0.3) is 5.91 Å². The number of alkyl halides is 2. The summed E-state index contributed by atoms with van der Waals surface area (Å²) in [4.78, 5) is 14.2. The highest BCUT2D eigenvalue weighted by molar-refractivity contribution is 7.80. The van der Waals surface area contributed by atoms with Gasteiger partial charge in [-0.15, -0.1) is 0 Å². The molecule has 1 heterocycles. The number of halogens is 2. The molecule has 0 aromatic heterocycles. The van der Waals surface area contributed by atoms with Gasteiger partial charge in [-0.1, -0.05) is 6.07 Å². The maximum Gasteiger partial charge on any atom is 0.387 e. The van der Waals surface area contributed by atoms with E-state index in [4.69, 9.17) is 21.7 Å². The predicted octanol–water partition coefficient (Wildman–Crippen LogP) is 4.35. The summed E-state index contributed by atoms with van der Waals surface area (Å²) in [6, 6.07) is 11.4. The lowest BCUT2D eigenvalue weighted by atomic mass is 10.1. The lowest BCUT2D eigenvalue weighted by molar-refractivity contribution is -0.113. The highest BCUT2D eigenvalue weighted by atomic mass is 32.1. The van der Waals surface area contributed by atoms with Gasteiger partial charge in [0.1, 0.15) is 11.4 Å². The van der Waals surface area contributed by atoms with E-state index in [1.807, 2.05) is 6.92 Å². The molecule has 1 fully saturated rings. The van der Waals surface area contributed by atoms with Crippen molar-refractivity contribution in [1.29, 1.82) is 0 Å². The Kier molecular flexibility index (Phi) is 6.83. The molecule has 9 heteroatoms. The third-order valence-corrected chi connectivity index (χ3v) is 4.36. The molecule has 0 radical (unpaired) electrons. The summed E-state index contributed by atoms with van der Waals surface area (Å²) in [5.74, 6) is 0.432. The van der Waals surface area contributed by atoms with Crippen molar-refractivity contribution in [1.82, 2.24) is 5.32 Å². The average molecular weight is 434 g/mol. The van der Waals surface area contributed by atoms with Crippen LogP contribution in [0.15, 0.2) is 48.2 Å². The molecule has 1 aliphatic rings. The lowest BCUT2D eigenvalue weighted by Crippen LogP contribution is -2.30. The van der Waals surface area contributed by atoms with Gasteiger partial charge in [-0.05, 0) is 74.1 Å². The number of carbonyl (C=O) groups excluding carboxylic acids is 1. The molecule has 0 saturated carbocycles. The minimum Gasteiger partial charge on any atom is -0.494 e. The second-order valence-electron chi connectivity index (χ2n) is 6.07. The summed E-state index contributed by atoms with van der Waals surface area (Å²) in [5, 5.41) is 3.12. The quantitative estimate of drug-likeness (QED) is 0.493. The third-order valence-electron chi connectivity index (χ3n) is 4.08. The standard InChI is InChI=1S/C21H20F2N2O4S/c1-3-27-15-8-6-14(7-9-15)25-19(26)16(24-21(25)30)11-13-5-10-17(29-20(22)23)18(12-13)28-4-2/h5-12,20H,3-4H2,1-2H3,(H,24,30)/b16-11+. The van der Waals surface area contributed by atoms with E-state index in [-0.39, 0.29) is 34.8 Å². The number of hydrogen-bond acceptors (Lipinski definition) is 5. The molecular weight excluding hydrogens is 414 g/mol. The maximum atomic E-state index is 12.9. The van der Waals surface area contributed by atoms with Crippen molar-refractivity contribution in [3.63, 3.8) is 0 Å². The number of hydrogen-bond donors (Lipinski definition) is 1. The molecule has 0 bridgehead atoms. The van der Waals surface area contributed by atoms with Crippen LogP contribution >= 0.6 is 12.2 Å². The Morgan fingerprint density at radius 2 is 1.77 bits per heavy atom. The Hall–Kier alpha value is -3.20. The highest BCUT2D eigenvalue weighted by Crippen LogP contribution is 2.31. The zero-order chi connectivity index (χ0) is 21.7. The number of amides is 1. The van der Waals surface area contributed by atoms with E-state index in [2.05, 4.69) is 10.1 Å². The summed E-state index contributed by atoms with van der Waals surface area (Å²) >= 11 is 5.31. The molecule has 1 aliphatic heterocycles. The van der Waals surface area contributed by atoms with Gasteiger partial charge >= 0.3 is 6.61 Å². The molecular formula is C21H20F2N2O4S. The predicted molar refractivity (Wildman–Crippen MR) is 113 cm³/mol. The number of rotatable bonds is 8. The van der Waals surface area contributed by atoms with E-state index in [0.717, 1.165) is 0 Å². The molecule has 158 valence electrons. The largest absolute Gasteiger partial charge is 0.494 e. The molecule has 0 atom stereocenters. The zero-order valence-electron chi connectivity index (χ0n) is 16.4. The summed E-state index contributed by atoms with van der Waals surface area (Å²) < 4.78 is 40.4.